The molecule has 0 saturated heterocycles. The Morgan fingerprint density at radius 1 is 1.03 bits per heavy atom. The van der Waals surface area contributed by atoms with Gasteiger partial charge in [-0.25, -0.2) is 4.79 Å². The number of carbonyl (C=O) groups excluding carboxylic acids is 2. The Morgan fingerprint density at radius 2 is 1.71 bits per heavy atom. The zero-order valence-corrected chi connectivity index (χ0v) is 20.6. The van der Waals surface area contributed by atoms with Crippen molar-refractivity contribution in [1.29, 1.82) is 5.26 Å². The first-order chi connectivity index (χ1) is 16.3. The van der Waals surface area contributed by atoms with Gasteiger partial charge in [-0.15, -0.1) is 0 Å². The van der Waals surface area contributed by atoms with Gasteiger partial charge in [0.1, 0.15) is 24.0 Å². The normalized spacial score (nSPS) is 10.9. The number of rotatable bonds is 7. The zero-order chi connectivity index (χ0) is 24.7. The van der Waals surface area contributed by atoms with Gasteiger partial charge in [-0.3, -0.25) is 4.79 Å². The molecule has 3 aromatic rings. The fraction of sp³-hybridized carbons (Fsp3) is 0.148. The minimum absolute atomic E-state index is 0.0622. The second-order valence-corrected chi connectivity index (χ2v) is 8.52. The SMILES string of the molecule is COC(=O)c1ccc(NC(=O)/C(C#N)=C/c2ccc(OCc3cc(C)cc(C)c3)c(Br)c2)cc1. The molecule has 6 nitrogen and oxygen atoms in total. The van der Waals surface area contributed by atoms with Crippen molar-refractivity contribution in [2.24, 2.45) is 0 Å². The lowest BCUT2D eigenvalue weighted by Crippen LogP contribution is -2.13. The van der Waals surface area contributed by atoms with Crippen LogP contribution in [0.25, 0.3) is 6.08 Å². The molecule has 0 atom stereocenters. The molecule has 0 bridgehead atoms. The number of anilines is 1. The summed E-state index contributed by atoms with van der Waals surface area (Å²) in [5.74, 6) is -0.368. The van der Waals surface area contributed by atoms with Crippen molar-refractivity contribution in [3.63, 3.8) is 0 Å². The van der Waals surface area contributed by atoms with Crippen molar-refractivity contribution in [3.05, 3.63) is 98.5 Å². The number of methoxy groups -OCH3 is 1. The second kappa shape index (κ2) is 11.3. The fourth-order valence-corrected chi connectivity index (χ4v) is 3.87. The molecule has 0 aliphatic heterocycles. The highest BCUT2D eigenvalue weighted by atomic mass is 79.9. The Morgan fingerprint density at radius 3 is 2.29 bits per heavy atom. The van der Waals surface area contributed by atoms with Gasteiger partial charge in [-0.05, 0) is 83.4 Å². The number of halogens is 1. The average molecular weight is 519 g/mol. The predicted octanol–water partition coefficient (Wildman–Crippen LogP) is 5.98. The third-order valence-corrected chi connectivity index (χ3v) is 5.49. The molecule has 0 radical (unpaired) electrons. The smallest absolute Gasteiger partial charge is 0.337 e. The summed E-state index contributed by atoms with van der Waals surface area (Å²) in [7, 11) is 1.30. The Labute approximate surface area is 207 Å². The van der Waals surface area contributed by atoms with E-state index < -0.39 is 11.9 Å². The quantitative estimate of drug-likeness (QED) is 0.236. The minimum atomic E-state index is -0.556. The van der Waals surface area contributed by atoms with Gasteiger partial charge >= 0.3 is 5.97 Å². The maximum Gasteiger partial charge on any atom is 0.337 e. The van der Waals surface area contributed by atoms with E-state index in [2.05, 4.69) is 44.2 Å². The summed E-state index contributed by atoms with van der Waals surface area (Å²) in [6.45, 7) is 4.53. The van der Waals surface area contributed by atoms with E-state index in [9.17, 15) is 14.9 Å². The average Bonchev–Trinajstić information content (AvgIpc) is 2.81. The Balaban J connectivity index is 1.69. The third kappa shape index (κ3) is 6.56. The van der Waals surface area contributed by atoms with E-state index in [0.29, 0.717) is 33.6 Å². The molecular formula is C27H23BrN2O4. The first-order valence-corrected chi connectivity index (χ1v) is 11.2. The first-order valence-electron chi connectivity index (χ1n) is 10.4. The highest BCUT2D eigenvalue weighted by molar-refractivity contribution is 9.10. The fourth-order valence-electron chi connectivity index (χ4n) is 3.36. The lowest BCUT2D eigenvalue weighted by Gasteiger charge is -2.10. The summed E-state index contributed by atoms with van der Waals surface area (Å²) < 4.78 is 11.3. The van der Waals surface area contributed by atoms with Crippen molar-refractivity contribution >= 4 is 39.6 Å². The summed E-state index contributed by atoms with van der Waals surface area (Å²) in [5, 5.41) is 12.1. The molecule has 3 rings (SSSR count). The van der Waals surface area contributed by atoms with Crippen molar-refractivity contribution in [3.8, 4) is 11.8 Å². The molecule has 0 aromatic heterocycles. The molecular weight excluding hydrogens is 496 g/mol. The van der Waals surface area contributed by atoms with Crippen molar-refractivity contribution in [2.75, 3.05) is 12.4 Å². The van der Waals surface area contributed by atoms with E-state index in [-0.39, 0.29) is 5.57 Å². The van der Waals surface area contributed by atoms with Gasteiger partial charge in [0.2, 0.25) is 0 Å². The summed E-state index contributed by atoms with van der Waals surface area (Å²) in [6.07, 6.45) is 1.50. The van der Waals surface area contributed by atoms with E-state index in [0.717, 1.165) is 5.56 Å². The van der Waals surface area contributed by atoms with Crippen LogP contribution < -0.4 is 10.1 Å². The summed E-state index contributed by atoms with van der Waals surface area (Å²) in [4.78, 5) is 24.1. The largest absolute Gasteiger partial charge is 0.488 e. The Bertz CT molecular complexity index is 1270. The number of amides is 1. The number of ether oxygens (including phenoxy) is 2. The van der Waals surface area contributed by atoms with Crippen LogP contribution in [0.3, 0.4) is 0 Å². The van der Waals surface area contributed by atoms with Gasteiger partial charge in [0, 0.05) is 5.69 Å². The molecule has 1 N–H and O–H groups in total. The van der Waals surface area contributed by atoms with E-state index in [4.69, 9.17) is 4.74 Å². The predicted molar refractivity (Wildman–Crippen MR) is 134 cm³/mol. The molecule has 1 amide bonds. The molecule has 0 spiro atoms. The number of nitriles is 1. The summed E-state index contributed by atoms with van der Waals surface area (Å²) >= 11 is 3.50. The molecule has 0 unspecified atom stereocenters. The first kappa shape index (κ1) is 24.7. The zero-order valence-electron chi connectivity index (χ0n) is 19.0. The standard InChI is InChI=1S/C27H23BrN2O4/c1-17-10-18(2)12-20(11-17)16-34-25-9-4-19(14-24(25)28)13-22(15-29)26(31)30-23-7-5-21(6-8-23)27(32)33-3/h4-14H,16H2,1-3H3,(H,30,31)/b22-13+. The van der Waals surface area contributed by atoms with Crippen LogP contribution >= 0.6 is 15.9 Å². The highest BCUT2D eigenvalue weighted by Crippen LogP contribution is 2.28. The number of nitrogens with zero attached hydrogens (tertiary/aromatic N) is 1. The Hall–Kier alpha value is -3.89. The lowest BCUT2D eigenvalue weighted by atomic mass is 10.1. The van der Waals surface area contributed by atoms with Crippen molar-refractivity contribution < 1.29 is 19.1 Å². The topological polar surface area (TPSA) is 88.4 Å². The molecule has 0 fully saturated rings. The van der Waals surface area contributed by atoms with Crippen LogP contribution in [0.1, 0.15) is 32.6 Å². The molecule has 7 heteroatoms. The number of carbonyl (C=O) groups is 2. The van der Waals surface area contributed by atoms with E-state index in [1.54, 1.807) is 30.3 Å². The van der Waals surface area contributed by atoms with Crippen LogP contribution in [0, 0.1) is 25.2 Å². The maximum absolute atomic E-state index is 12.6. The van der Waals surface area contributed by atoms with Gasteiger partial charge < -0.3 is 14.8 Å². The lowest BCUT2D eigenvalue weighted by molar-refractivity contribution is -0.112. The van der Waals surface area contributed by atoms with Crippen molar-refractivity contribution in [1.82, 2.24) is 0 Å². The number of esters is 1. The second-order valence-electron chi connectivity index (χ2n) is 7.67. The van der Waals surface area contributed by atoms with Crippen LogP contribution in [0.4, 0.5) is 5.69 Å². The van der Waals surface area contributed by atoms with Gasteiger partial charge in [-0.1, -0.05) is 35.4 Å². The minimum Gasteiger partial charge on any atom is -0.488 e. The number of hydrogen-bond acceptors (Lipinski definition) is 5. The third-order valence-electron chi connectivity index (χ3n) is 4.87. The number of nitrogens with one attached hydrogen (secondary N) is 1. The molecule has 0 aliphatic carbocycles. The molecule has 3 aromatic carbocycles. The number of hydrogen-bond donors (Lipinski definition) is 1. The van der Waals surface area contributed by atoms with Crippen molar-refractivity contribution in [2.45, 2.75) is 20.5 Å². The van der Waals surface area contributed by atoms with Gasteiger partial charge in [0.15, 0.2) is 0 Å². The van der Waals surface area contributed by atoms with Gasteiger partial charge in [0.05, 0.1) is 17.1 Å². The summed E-state index contributed by atoms with van der Waals surface area (Å²) in [6, 6.07) is 19.8. The van der Waals surface area contributed by atoms with E-state index in [1.165, 1.54) is 36.4 Å². The molecule has 0 saturated carbocycles. The van der Waals surface area contributed by atoms with Crippen LogP contribution in [0.2, 0.25) is 0 Å². The number of aryl methyl sites for hydroxylation is 2. The molecule has 0 heterocycles. The summed E-state index contributed by atoms with van der Waals surface area (Å²) in [5.41, 5.74) is 4.86. The van der Waals surface area contributed by atoms with Crippen LogP contribution in [0.15, 0.2) is 70.7 Å². The van der Waals surface area contributed by atoms with Crippen LogP contribution in [-0.2, 0) is 16.1 Å². The van der Waals surface area contributed by atoms with Gasteiger partial charge in [-0.2, -0.15) is 5.26 Å². The maximum atomic E-state index is 12.6. The molecule has 172 valence electrons. The van der Waals surface area contributed by atoms with Gasteiger partial charge in [0.25, 0.3) is 5.91 Å². The highest BCUT2D eigenvalue weighted by Gasteiger charge is 2.12. The van der Waals surface area contributed by atoms with Crippen LogP contribution in [-0.4, -0.2) is 19.0 Å². The molecule has 0 aliphatic rings. The van der Waals surface area contributed by atoms with Crippen LogP contribution in [0.5, 0.6) is 5.75 Å². The Kier molecular flexibility index (Phi) is 8.23. The van der Waals surface area contributed by atoms with E-state index in [1.807, 2.05) is 19.9 Å². The number of benzene rings is 3. The van der Waals surface area contributed by atoms with E-state index >= 15 is 0 Å². The molecule has 34 heavy (non-hydrogen) atoms. The monoisotopic (exact) mass is 518 g/mol.